The number of hydrogen-bond acceptors (Lipinski definition) is 4. The fourth-order valence-corrected chi connectivity index (χ4v) is 2.29. The van der Waals surface area contributed by atoms with Crippen LogP contribution in [0.4, 0.5) is 0 Å². The Morgan fingerprint density at radius 2 is 2.13 bits per heavy atom. The summed E-state index contributed by atoms with van der Waals surface area (Å²) < 4.78 is 1.80. The number of rotatable bonds is 5. The number of carbonyl (C=O) groups is 1. The normalized spacial score (nSPS) is 10.4. The Hall–Kier alpha value is -3.15. The molecule has 0 atom stereocenters. The third kappa shape index (κ3) is 3.74. The highest BCUT2D eigenvalue weighted by Crippen LogP contribution is 2.12. The molecule has 2 N–H and O–H groups in total. The number of carbonyl (C=O) groups excluding carboxylic acids is 1. The highest BCUT2D eigenvalue weighted by molar-refractivity contribution is 5.78. The minimum Gasteiger partial charge on any atom is -0.508 e. The first-order valence-electron chi connectivity index (χ1n) is 7.19. The SMILES string of the molecule is O=C(Cc1cccc(O)c1)NCc1cccnc1-n1ccnc1. The summed E-state index contributed by atoms with van der Waals surface area (Å²) in [6.07, 6.45) is 7.07. The number of nitrogens with zero attached hydrogens (tertiary/aromatic N) is 3. The Kier molecular flexibility index (Phi) is 4.33. The summed E-state index contributed by atoms with van der Waals surface area (Å²) in [5.41, 5.74) is 1.67. The molecule has 3 rings (SSSR count). The number of nitrogens with one attached hydrogen (secondary N) is 1. The van der Waals surface area contributed by atoms with Gasteiger partial charge in [-0.15, -0.1) is 0 Å². The number of amides is 1. The van der Waals surface area contributed by atoms with Crippen LogP contribution in [-0.2, 0) is 17.8 Å². The summed E-state index contributed by atoms with van der Waals surface area (Å²) >= 11 is 0. The van der Waals surface area contributed by atoms with Crippen molar-refractivity contribution >= 4 is 5.91 Å². The lowest BCUT2D eigenvalue weighted by Crippen LogP contribution is -2.25. The maximum absolute atomic E-state index is 12.1. The van der Waals surface area contributed by atoms with E-state index in [1.165, 1.54) is 0 Å². The molecule has 0 aliphatic carbocycles. The second-order valence-corrected chi connectivity index (χ2v) is 5.08. The van der Waals surface area contributed by atoms with Gasteiger partial charge in [-0.1, -0.05) is 18.2 Å². The van der Waals surface area contributed by atoms with Crippen LogP contribution in [-0.4, -0.2) is 25.5 Å². The summed E-state index contributed by atoms with van der Waals surface area (Å²) in [5, 5.41) is 12.3. The van der Waals surface area contributed by atoms with Crippen LogP contribution in [0.5, 0.6) is 5.75 Å². The van der Waals surface area contributed by atoms with E-state index in [0.29, 0.717) is 6.54 Å². The van der Waals surface area contributed by atoms with Gasteiger partial charge < -0.3 is 10.4 Å². The van der Waals surface area contributed by atoms with Gasteiger partial charge in [0, 0.05) is 30.7 Å². The summed E-state index contributed by atoms with van der Waals surface area (Å²) in [4.78, 5) is 20.4. The largest absolute Gasteiger partial charge is 0.508 e. The highest BCUT2D eigenvalue weighted by Gasteiger charge is 2.08. The van der Waals surface area contributed by atoms with Crippen LogP contribution in [0.25, 0.3) is 5.82 Å². The van der Waals surface area contributed by atoms with Crippen molar-refractivity contribution in [2.75, 3.05) is 0 Å². The molecule has 0 fully saturated rings. The average molecular weight is 308 g/mol. The number of pyridine rings is 1. The van der Waals surface area contributed by atoms with Gasteiger partial charge in [0.25, 0.3) is 0 Å². The maximum Gasteiger partial charge on any atom is 0.224 e. The molecular weight excluding hydrogens is 292 g/mol. The lowest BCUT2D eigenvalue weighted by atomic mass is 10.1. The first-order valence-corrected chi connectivity index (χ1v) is 7.19. The molecule has 0 saturated heterocycles. The third-order valence-corrected chi connectivity index (χ3v) is 3.37. The van der Waals surface area contributed by atoms with E-state index in [1.54, 1.807) is 53.8 Å². The Morgan fingerprint density at radius 3 is 2.91 bits per heavy atom. The minimum atomic E-state index is -0.115. The van der Waals surface area contributed by atoms with Crippen molar-refractivity contribution in [3.63, 3.8) is 0 Å². The van der Waals surface area contributed by atoms with E-state index in [1.807, 2.05) is 12.1 Å². The molecule has 0 spiro atoms. The van der Waals surface area contributed by atoms with Crippen molar-refractivity contribution in [3.8, 4) is 11.6 Å². The van der Waals surface area contributed by atoms with Crippen molar-refractivity contribution < 1.29 is 9.90 Å². The summed E-state index contributed by atoms with van der Waals surface area (Å²) in [7, 11) is 0. The van der Waals surface area contributed by atoms with Gasteiger partial charge in [-0.05, 0) is 23.8 Å². The Balaban J connectivity index is 1.66. The number of aromatic hydroxyl groups is 1. The van der Waals surface area contributed by atoms with Crippen LogP contribution < -0.4 is 5.32 Å². The Morgan fingerprint density at radius 1 is 1.22 bits per heavy atom. The molecular formula is C17H16N4O2. The maximum atomic E-state index is 12.1. The molecule has 0 bridgehead atoms. The van der Waals surface area contributed by atoms with Gasteiger partial charge in [0.05, 0.1) is 6.42 Å². The van der Waals surface area contributed by atoms with Crippen molar-refractivity contribution in [2.24, 2.45) is 0 Å². The molecule has 2 heterocycles. The molecule has 6 heteroatoms. The van der Waals surface area contributed by atoms with Gasteiger partial charge in [0.15, 0.2) is 0 Å². The lowest BCUT2D eigenvalue weighted by Gasteiger charge is -2.10. The van der Waals surface area contributed by atoms with Gasteiger partial charge in [0.1, 0.15) is 17.9 Å². The lowest BCUT2D eigenvalue weighted by molar-refractivity contribution is -0.120. The number of imidazole rings is 1. The zero-order valence-corrected chi connectivity index (χ0v) is 12.4. The quantitative estimate of drug-likeness (QED) is 0.753. The van der Waals surface area contributed by atoms with E-state index in [2.05, 4.69) is 15.3 Å². The molecule has 0 aliphatic rings. The number of hydrogen-bond donors (Lipinski definition) is 2. The van der Waals surface area contributed by atoms with Gasteiger partial charge >= 0.3 is 0 Å². The van der Waals surface area contributed by atoms with E-state index >= 15 is 0 Å². The first-order chi connectivity index (χ1) is 11.2. The molecule has 6 nitrogen and oxygen atoms in total. The zero-order chi connectivity index (χ0) is 16.1. The minimum absolute atomic E-state index is 0.115. The standard InChI is InChI=1S/C17H16N4O2/c22-15-5-1-3-13(9-15)10-16(23)20-11-14-4-2-6-19-17(14)21-8-7-18-12-21/h1-9,12,22H,10-11H2,(H,20,23). The number of phenols is 1. The summed E-state index contributed by atoms with van der Waals surface area (Å²) in [6.45, 7) is 0.374. The Bertz CT molecular complexity index is 800. The van der Waals surface area contributed by atoms with E-state index in [0.717, 1.165) is 16.9 Å². The van der Waals surface area contributed by atoms with Crippen LogP contribution in [0.2, 0.25) is 0 Å². The molecule has 1 aromatic carbocycles. The number of phenolic OH excluding ortho intramolecular Hbond substituents is 1. The topological polar surface area (TPSA) is 80.0 Å². The molecule has 23 heavy (non-hydrogen) atoms. The molecule has 116 valence electrons. The Labute approximate surface area is 133 Å². The van der Waals surface area contributed by atoms with Gasteiger partial charge in [-0.2, -0.15) is 0 Å². The van der Waals surface area contributed by atoms with E-state index < -0.39 is 0 Å². The first kappa shape index (κ1) is 14.8. The number of benzene rings is 1. The number of aromatic nitrogens is 3. The third-order valence-electron chi connectivity index (χ3n) is 3.37. The summed E-state index contributed by atoms with van der Waals surface area (Å²) in [5.74, 6) is 0.781. The molecule has 0 unspecified atom stereocenters. The van der Waals surface area contributed by atoms with Crippen LogP contribution in [0.3, 0.4) is 0 Å². The van der Waals surface area contributed by atoms with E-state index in [-0.39, 0.29) is 18.1 Å². The van der Waals surface area contributed by atoms with Gasteiger partial charge in [-0.3, -0.25) is 9.36 Å². The summed E-state index contributed by atoms with van der Waals surface area (Å²) in [6, 6.07) is 10.4. The molecule has 2 aromatic heterocycles. The van der Waals surface area contributed by atoms with E-state index in [4.69, 9.17) is 0 Å². The van der Waals surface area contributed by atoms with Crippen molar-refractivity contribution in [1.82, 2.24) is 19.9 Å². The highest BCUT2D eigenvalue weighted by atomic mass is 16.3. The molecule has 0 saturated carbocycles. The van der Waals surface area contributed by atoms with Crippen molar-refractivity contribution in [2.45, 2.75) is 13.0 Å². The molecule has 3 aromatic rings. The van der Waals surface area contributed by atoms with Crippen LogP contribution in [0.15, 0.2) is 61.3 Å². The molecule has 1 amide bonds. The fraction of sp³-hybridized carbons (Fsp3) is 0.118. The zero-order valence-electron chi connectivity index (χ0n) is 12.4. The average Bonchev–Trinajstić information content (AvgIpc) is 3.07. The van der Waals surface area contributed by atoms with Crippen LogP contribution in [0.1, 0.15) is 11.1 Å². The monoisotopic (exact) mass is 308 g/mol. The van der Waals surface area contributed by atoms with Gasteiger partial charge in [-0.25, -0.2) is 9.97 Å². The van der Waals surface area contributed by atoms with Crippen molar-refractivity contribution in [1.29, 1.82) is 0 Å². The van der Waals surface area contributed by atoms with E-state index in [9.17, 15) is 9.90 Å². The predicted octanol–water partition coefficient (Wildman–Crippen LogP) is 1.83. The predicted molar refractivity (Wildman–Crippen MR) is 85.0 cm³/mol. The van der Waals surface area contributed by atoms with Crippen molar-refractivity contribution in [3.05, 3.63) is 72.4 Å². The molecule has 0 radical (unpaired) electrons. The van der Waals surface area contributed by atoms with Gasteiger partial charge in [0.2, 0.25) is 5.91 Å². The smallest absolute Gasteiger partial charge is 0.224 e. The van der Waals surface area contributed by atoms with Crippen LogP contribution >= 0.6 is 0 Å². The van der Waals surface area contributed by atoms with Crippen LogP contribution in [0, 0.1) is 0 Å². The second-order valence-electron chi connectivity index (χ2n) is 5.08. The molecule has 0 aliphatic heterocycles. The second kappa shape index (κ2) is 6.74. The fourth-order valence-electron chi connectivity index (χ4n) is 2.29.